The summed E-state index contributed by atoms with van der Waals surface area (Å²) in [6.45, 7) is 1.93. The second-order valence-electron chi connectivity index (χ2n) is 2.48. The lowest BCUT2D eigenvalue weighted by molar-refractivity contribution is -0.126. The Labute approximate surface area is 72.8 Å². The van der Waals surface area contributed by atoms with Crippen LogP contribution in [0.25, 0.3) is 0 Å². The van der Waals surface area contributed by atoms with Gasteiger partial charge in [0.15, 0.2) is 0 Å². The van der Waals surface area contributed by atoms with Crippen molar-refractivity contribution in [3.05, 3.63) is 0 Å². The molecule has 2 nitrogen and oxygen atoms in total. The Morgan fingerprint density at radius 1 is 1.18 bits per heavy atom. The smallest absolute Gasteiger partial charge is 0.141 e. The monoisotopic (exact) mass is 174 g/mol. The number of carbonyl (C=O) groups excluding carboxylic acids is 2. The van der Waals surface area contributed by atoms with Gasteiger partial charge < -0.3 is 0 Å². The van der Waals surface area contributed by atoms with E-state index < -0.39 is 0 Å². The van der Waals surface area contributed by atoms with Crippen LogP contribution >= 0.6 is 12.6 Å². The van der Waals surface area contributed by atoms with E-state index in [4.69, 9.17) is 0 Å². The van der Waals surface area contributed by atoms with Gasteiger partial charge in [0.25, 0.3) is 0 Å². The Balaban J connectivity index is 3.49. The molecule has 0 saturated carbocycles. The molecule has 0 aliphatic carbocycles. The van der Waals surface area contributed by atoms with Crippen LogP contribution in [0.1, 0.15) is 32.6 Å². The van der Waals surface area contributed by atoms with Crippen LogP contribution in [0, 0.1) is 0 Å². The Hall–Kier alpha value is -0.310. The molecule has 0 spiro atoms. The van der Waals surface area contributed by atoms with Gasteiger partial charge in [0.05, 0.1) is 6.42 Å². The average Bonchev–Trinajstić information content (AvgIpc) is 1.87. The highest BCUT2D eigenvalue weighted by Gasteiger charge is 2.06. The number of ketones is 2. The van der Waals surface area contributed by atoms with E-state index in [9.17, 15) is 9.59 Å². The minimum atomic E-state index is 0.0125. The van der Waals surface area contributed by atoms with Crippen molar-refractivity contribution in [1.82, 2.24) is 0 Å². The molecule has 0 aromatic heterocycles. The average molecular weight is 174 g/mol. The lowest BCUT2D eigenvalue weighted by atomic mass is 10.1. The highest BCUT2D eigenvalue weighted by molar-refractivity contribution is 7.80. The quantitative estimate of drug-likeness (QED) is 0.490. The Morgan fingerprint density at radius 2 is 1.73 bits per heavy atom. The Kier molecular flexibility index (Phi) is 6.22. The third-order valence-electron chi connectivity index (χ3n) is 1.31. The number of hydrogen-bond donors (Lipinski definition) is 1. The van der Waals surface area contributed by atoms with Crippen LogP contribution in [-0.4, -0.2) is 17.3 Å². The highest BCUT2D eigenvalue weighted by atomic mass is 32.1. The molecule has 3 heteroatoms. The number of thiol groups is 1. The van der Waals surface area contributed by atoms with Gasteiger partial charge in [-0.3, -0.25) is 9.59 Å². The van der Waals surface area contributed by atoms with E-state index >= 15 is 0 Å². The van der Waals surface area contributed by atoms with Gasteiger partial charge in [-0.2, -0.15) is 12.6 Å². The molecule has 0 aromatic carbocycles. The van der Waals surface area contributed by atoms with Crippen molar-refractivity contribution >= 4 is 24.2 Å². The molecule has 0 aliphatic heterocycles. The van der Waals surface area contributed by atoms with Crippen LogP contribution in [0.3, 0.4) is 0 Å². The third-order valence-corrected chi connectivity index (χ3v) is 1.54. The maximum absolute atomic E-state index is 10.9. The fraction of sp³-hybridized carbons (Fsp3) is 0.750. The molecule has 0 amide bonds. The predicted molar refractivity (Wildman–Crippen MR) is 48.0 cm³/mol. The van der Waals surface area contributed by atoms with Crippen molar-refractivity contribution in [3.63, 3.8) is 0 Å². The van der Waals surface area contributed by atoms with Crippen molar-refractivity contribution in [3.8, 4) is 0 Å². The summed E-state index contributed by atoms with van der Waals surface area (Å²) in [5.41, 5.74) is 0. The number of Topliss-reactive ketones (excluding diaryl/α,β-unsaturated/α-hetero) is 2. The number of rotatable bonds is 6. The van der Waals surface area contributed by atoms with Crippen molar-refractivity contribution in [2.24, 2.45) is 0 Å². The largest absolute Gasteiger partial charge is 0.299 e. The van der Waals surface area contributed by atoms with E-state index in [0.29, 0.717) is 18.6 Å². The Morgan fingerprint density at radius 3 is 2.18 bits per heavy atom. The molecular formula is C8H14O2S. The highest BCUT2D eigenvalue weighted by Crippen LogP contribution is 1.98. The van der Waals surface area contributed by atoms with Crippen molar-refractivity contribution in [1.29, 1.82) is 0 Å². The van der Waals surface area contributed by atoms with Crippen LogP contribution in [0.5, 0.6) is 0 Å². The first-order chi connectivity index (χ1) is 5.20. The Bertz CT molecular complexity index is 127. The summed E-state index contributed by atoms with van der Waals surface area (Å²) >= 11 is 3.90. The lowest BCUT2D eigenvalue weighted by Crippen LogP contribution is -2.07. The second-order valence-corrected chi connectivity index (χ2v) is 2.92. The van der Waals surface area contributed by atoms with Gasteiger partial charge in [-0.05, 0) is 12.2 Å². The SMILES string of the molecule is CCCC(=O)CC(=O)CCS. The maximum atomic E-state index is 10.9. The normalized spacial score (nSPS) is 9.64. The maximum Gasteiger partial charge on any atom is 0.141 e. The predicted octanol–water partition coefficient (Wildman–Crippen LogP) is 1.63. The minimum Gasteiger partial charge on any atom is -0.299 e. The molecule has 0 aliphatic rings. The van der Waals surface area contributed by atoms with Crippen LogP contribution in [0.2, 0.25) is 0 Å². The van der Waals surface area contributed by atoms with Crippen molar-refractivity contribution < 1.29 is 9.59 Å². The van der Waals surface area contributed by atoms with Gasteiger partial charge in [-0.15, -0.1) is 0 Å². The first kappa shape index (κ1) is 10.7. The lowest BCUT2D eigenvalue weighted by Gasteiger charge is -1.95. The molecule has 0 N–H and O–H groups in total. The van der Waals surface area contributed by atoms with Crippen LogP contribution in [0.15, 0.2) is 0 Å². The van der Waals surface area contributed by atoms with Gasteiger partial charge in [0.1, 0.15) is 11.6 Å². The summed E-state index contributed by atoms with van der Waals surface area (Å²) in [4.78, 5) is 21.7. The summed E-state index contributed by atoms with van der Waals surface area (Å²) in [5, 5.41) is 0. The van der Waals surface area contributed by atoms with E-state index in [0.717, 1.165) is 6.42 Å². The number of carbonyl (C=O) groups is 2. The summed E-state index contributed by atoms with van der Waals surface area (Å²) in [6.07, 6.45) is 1.87. The zero-order valence-corrected chi connectivity index (χ0v) is 7.69. The molecule has 11 heavy (non-hydrogen) atoms. The molecule has 64 valence electrons. The summed E-state index contributed by atoms with van der Waals surface area (Å²) < 4.78 is 0. The zero-order valence-electron chi connectivity index (χ0n) is 6.80. The molecule has 0 saturated heterocycles. The molecule has 0 aromatic rings. The van der Waals surface area contributed by atoms with Gasteiger partial charge in [-0.1, -0.05) is 6.92 Å². The first-order valence-corrected chi connectivity index (χ1v) is 4.48. The van der Waals surface area contributed by atoms with Gasteiger partial charge in [-0.25, -0.2) is 0 Å². The first-order valence-electron chi connectivity index (χ1n) is 3.85. The van der Waals surface area contributed by atoms with E-state index in [1.807, 2.05) is 6.92 Å². The third kappa shape index (κ3) is 6.10. The second kappa shape index (κ2) is 6.40. The summed E-state index contributed by atoms with van der Waals surface area (Å²) in [5.74, 6) is 0.607. The fourth-order valence-corrected chi connectivity index (χ4v) is 1.05. The molecule has 0 bridgehead atoms. The van der Waals surface area contributed by atoms with Crippen molar-refractivity contribution in [2.45, 2.75) is 32.6 Å². The van der Waals surface area contributed by atoms with Crippen LogP contribution in [-0.2, 0) is 9.59 Å². The summed E-state index contributed by atoms with van der Waals surface area (Å²) in [6, 6.07) is 0. The van der Waals surface area contributed by atoms with Gasteiger partial charge in [0.2, 0.25) is 0 Å². The van der Waals surface area contributed by atoms with Gasteiger partial charge >= 0.3 is 0 Å². The molecule has 0 fully saturated rings. The molecule has 0 unspecified atom stereocenters. The van der Waals surface area contributed by atoms with E-state index in [-0.39, 0.29) is 18.0 Å². The molecule has 0 rings (SSSR count). The van der Waals surface area contributed by atoms with E-state index in [1.54, 1.807) is 0 Å². The minimum absolute atomic E-state index is 0.0125. The summed E-state index contributed by atoms with van der Waals surface area (Å²) in [7, 11) is 0. The van der Waals surface area contributed by atoms with E-state index in [2.05, 4.69) is 12.6 Å². The van der Waals surface area contributed by atoms with E-state index in [1.165, 1.54) is 0 Å². The number of hydrogen-bond acceptors (Lipinski definition) is 3. The fourth-order valence-electron chi connectivity index (χ4n) is 0.800. The van der Waals surface area contributed by atoms with Gasteiger partial charge in [0, 0.05) is 12.8 Å². The van der Waals surface area contributed by atoms with Crippen LogP contribution in [0.4, 0.5) is 0 Å². The standard InChI is InChI=1S/C8H14O2S/c1-2-3-7(9)6-8(10)4-5-11/h11H,2-6H2,1H3. The molecule has 0 atom stereocenters. The molecule has 0 radical (unpaired) electrons. The molecule has 0 heterocycles. The van der Waals surface area contributed by atoms with Crippen molar-refractivity contribution in [2.75, 3.05) is 5.75 Å². The topological polar surface area (TPSA) is 34.1 Å². The van der Waals surface area contributed by atoms with Crippen LogP contribution < -0.4 is 0 Å². The zero-order chi connectivity index (χ0) is 8.69. The molecular weight excluding hydrogens is 160 g/mol.